The molecule has 0 spiro atoms. The summed E-state index contributed by atoms with van der Waals surface area (Å²) < 4.78 is 0. The van der Waals surface area contributed by atoms with Crippen molar-refractivity contribution in [2.24, 2.45) is 4.99 Å². The molecule has 27 heavy (non-hydrogen) atoms. The largest absolute Gasteiger partial charge is 0.345 e. The van der Waals surface area contributed by atoms with Gasteiger partial charge in [0.2, 0.25) is 0 Å². The molecule has 0 bridgehead atoms. The number of benzene rings is 3. The van der Waals surface area contributed by atoms with Gasteiger partial charge in [0, 0.05) is 13.0 Å². The summed E-state index contributed by atoms with van der Waals surface area (Å²) in [6.45, 7) is 3.82. The van der Waals surface area contributed by atoms with Gasteiger partial charge in [-0.05, 0) is 22.3 Å². The summed E-state index contributed by atoms with van der Waals surface area (Å²) in [4.78, 5) is 7.46. The van der Waals surface area contributed by atoms with Gasteiger partial charge in [0.05, 0.1) is 12.6 Å². The average molecular weight is 377 g/mol. The molecular weight excluding hydrogens is 352 g/mol. The van der Waals surface area contributed by atoms with Gasteiger partial charge in [-0.2, -0.15) is 0 Å². The number of hydrogen-bond acceptors (Lipinski definition) is 2. The Balaban J connectivity index is 0.00000210. The molecule has 1 aliphatic heterocycles. The molecule has 0 amide bonds. The Morgan fingerprint density at radius 2 is 1.48 bits per heavy atom. The number of hydrogen-bond donors (Lipinski definition) is 0. The zero-order valence-electron chi connectivity index (χ0n) is 15.6. The fourth-order valence-corrected chi connectivity index (χ4v) is 3.80. The molecule has 0 saturated heterocycles. The van der Waals surface area contributed by atoms with Crippen LogP contribution in [-0.4, -0.2) is 10.7 Å². The van der Waals surface area contributed by atoms with Crippen LogP contribution in [0.3, 0.4) is 0 Å². The molecule has 1 heterocycles. The van der Waals surface area contributed by atoms with Crippen molar-refractivity contribution in [3.8, 4) is 0 Å². The van der Waals surface area contributed by atoms with Gasteiger partial charge in [-0.25, -0.2) is 0 Å². The highest BCUT2D eigenvalue weighted by Crippen LogP contribution is 2.35. The van der Waals surface area contributed by atoms with Crippen LogP contribution >= 0.6 is 12.4 Å². The van der Waals surface area contributed by atoms with E-state index in [0.29, 0.717) is 0 Å². The summed E-state index contributed by atoms with van der Waals surface area (Å²) >= 11 is 0. The average Bonchev–Trinajstić information content (AvgIpc) is 2.86. The van der Waals surface area contributed by atoms with E-state index in [4.69, 9.17) is 4.99 Å². The number of nitrogens with zero attached hydrogens (tertiary/aromatic N) is 2. The van der Waals surface area contributed by atoms with Crippen LogP contribution < -0.4 is 0 Å². The lowest BCUT2D eigenvalue weighted by Gasteiger charge is -2.34. The van der Waals surface area contributed by atoms with Crippen LogP contribution in [0.2, 0.25) is 0 Å². The number of halogens is 1. The van der Waals surface area contributed by atoms with Gasteiger partial charge in [0.25, 0.3) is 0 Å². The maximum Gasteiger partial charge on any atom is 0.100 e. The Bertz CT molecular complexity index is 891. The highest BCUT2D eigenvalue weighted by molar-refractivity contribution is 5.85. The van der Waals surface area contributed by atoms with E-state index in [1.807, 2.05) is 0 Å². The van der Waals surface area contributed by atoms with Crippen LogP contribution in [0.4, 0.5) is 0 Å². The van der Waals surface area contributed by atoms with E-state index in [-0.39, 0.29) is 18.4 Å². The molecule has 0 aliphatic carbocycles. The highest BCUT2D eigenvalue weighted by Gasteiger charge is 2.28. The van der Waals surface area contributed by atoms with E-state index in [2.05, 4.69) is 96.8 Å². The predicted molar refractivity (Wildman–Crippen MR) is 115 cm³/mol. The molecule has 138 valence electrons. The van der Waals surface area contributed by atoms with Crippen molar-refractivity contribution >= 4 is 18.2 Å². The normalized spacial score (nSPS) is 16.0. The molecule has 3 heteroatoms. The van der Waals surface area contributed by atoms with Crippen LogP contribution in [0.25, 0.3) is 0 Å². The summed E-state index contributed by atoms with van der Waals surface area (Å²) in [5.41, 5.74) is 5.32. The summed E-state index contributed by atoms with van der Waals surface area (Å²) in [7, 11) is 0. The monoisotopic (exact) mass is 376 g/mol. The van der Waals surface area contributed by atoms with Gasteiger partial charge in [-0.15, -0.1) is 12.4 Å². The van der Waals surface area contributed by atoms with Crippen molar-refractivity contribution in [3.63, 3.8) is 0 Å². The zero-order chi connectivity index (χ0) is 17.8. The second-order valence-corrected chi connectivity index (χ2v) is 6.71. The standard InChI is InChI=1S/C24H24N2.ClH/c1-2-23-25-17-21-15-9-10-16-22(21)24(20-13-7-4-8-14-20)26(23)18-19-11-5-3-6-12-19;/h3-16,24H,2,17-18H2,1H3;1H. The third-order valence-electron chi connectivity index (χ3n) is 5.05. The molecule has 3 aromatic rings. The van der Waals surface area contributed by atoms with Crippen molar-refractivity contribution in [3.05, 3.63) is 107 Å². The molecule has 0 fully saturated rings. The maximum absolute atomic E-state index is 4.98. The number of fused-ring (bicyclic) bond motifs is 1. The van der Waals surface area contributed by atoms with Crippen molar-refractivity contribution < 1.29 is 0 Å². The Morgan fingerprint density at radius 3 is 2.19 bits per heavy atom. The Kier molecular flexibility index (Phi) is 6.31. The topological polar surface area (TPSA) is 15.6 Å². The fourth-order valence-electron chi connectivity index (χ4n) is 3.80. The molecule has 0 aromatic heterocycles. The van der Waals surface area contributed by atoms with Gasteiger partial charge in [0.15, 0.2) is 0 Å². The van der Waals surface area contributed by atoms with E-state index >= 15 is 0 Å². The van der Waals surface area contributed by atoms with E-state index in [9.17, 15) is 0 Å². The van der Waals surface area contributed by atoms with Gasteiger partial charge in [-0.1, -0.05) is 91.9 Å². The molecular formula is C24H25ClN2. The SMILES string of the molecule is CCC1=NCc2ccccc2C(c2ccccc2)N1Cc1ccccc1.Cl. The first-order chi connectivity index (χ1) is 12.9. The minimum Gasteiger partial charge on any atom is -0.345 e. The third-order valence-corrected chi connectivity index (χ3v) is 5.05. The second-order valence-electron chi connectivity index (χ2n) is 6.71. The van der Waals surface area contributed by atoms with Crippen molar-refractivity contribution in [1.82, 2.24) is 4.90 Å². The summed E-state index contributed by atoms with van der Waals surface area (Å²) in [5.74, 6) is 1.18. The Labute approximate surface area is 168 Å². The smallest absolute Gasteiger partial charge is 0.100 e. The van der Waals surface area contributed by atoms with Crippen LogP contribution in [-0.2, 0) is 13.1 Å². The fraction of sp³-hybridized carbons (Fsp3) is 0.208. The molecule has 1 unspecified atom stereocenters. The number of aliphatic imine (C=N–C) groups is 1. The first kappa shape index (κ1) is 19.2. The van der Waals surface area contributed by atoms with E-state index < -0.39 is 0 Å². The predicted octanol–water partition coefficient (Wildman–Crippen LogP) is 6.02. The summed E-state index contributed by atoms with van der Waals surface area (Å²) in [5, 5.41) is 0. The molecule has 0 radical (unpaired) electrons. The molecule has 1 aliphatic rings. The van der Waals surface area contributed by atoms with Crippen molar-refractivity contribution in [2.75, 3.05) is 0 Å². The second kappa shape index (κ2) is 8.88. The first-order valence-electron chi connectivity index (χ1n) is 9.33. The van der Waals surface area contributed by atoms with E-state index in [0.717, 1.165) is 19.5 Å². The number of amidine groups is 1. The molecule has 0 N–H and O–H groups in total. The van der Waals surface area contributed by atoms with Crippen LogP contribution in [0.15, 0.2) is 89.9 Å². The number of rotatable bonds is 4. The molecule has 1 atom stereocenters. The van der Waals surface area contributed by atoms with E-state index in [1.165, 1.54) is 28.1 Å². The van der Waals surface area contributed by atoms with E-state index in [1.54, 1.807) is 0 Å². The highest BCUT2D eigenvalue weighted by atomic mass is 35.5. The van der Waals surface area contributed by atoms with Gasteiger partial charge >= 0.3 is 0 Å². The zero-order valence-corrected chi connectivity index (χ0v) is 16.4. The lowest BCUT2D eigenvalue weighted by molar-refractivity contribution is 0.345. The minimum absolute atomic E-state index is 0. The first-order valence-corrected chi connectivity index (χ1v) is 9.33. The molecule has 3 aromatic carbocycles. The van der Waals surface area contributed by atoms with Crippen LogP contribution in [0.1, 0.15) is 41.6 Å². The minimum atomic E-state index is 0. The maximum atomic E-state index is 4.98. The van der Waals surface area contributed by atoms with Gasteiger partial charge in [-0.3, -0.25) is 4.99 Å². The lowest BCUT2D eigenvalue weighted by atomic mass is 9.93. The van der Waals surface area contributed by atoms with Gasteiger partial charge < -0.3 is 4.90 Å². The molecule has 0 saturated carbocycles. The van der Waals surface area contributed by atoms with Crippen molar-refractivity contribution in [1.29, 1.82) is 0 Å². The summed E-state index contributed by atoms with van der Waals surface area (Å²) in [6, 6.07) is 30.4. The Morgan fingerprint density at radius 1 is 0.852 bits per heavy atom. The van der Waals surface area contributed by atoms with Crippen molar-refractivity contribution in [2.45, 2.75) is 32.5 Å². The Hall–Kier alpha value is -2.58. The third kappa shape index (κ3) is 4.06. The molecule has 2 nitrogen and oxygen atoms in total. The molecule has 4 rings (SSSR count). The van der Waals surface area contributed by atoms with Gasteiger partial charge in [0.1, 0.15) is 5.84 Å². The van der Waals surface area contributed by atoms with Crippen LogP contribution in [0, 0.1) is 0 Å². The lowest BCUT2D eigenvalue weighted by Crippen LogP contribution is -2.34. The quantitative estimate of drug-likeness (QED) is 0.543. The van der Waals surface area contributed by atoms with Crippen LogP contribution in [0.5, 0.6) is 0 Å². The summed E-state index contributed by atoms with van der Waals surface area (Å²) in [6.07, 6.45) is 0.935.